The molecule has 3 aromatic rings. The summed E-state index contributed by atoms with van der Waals surface area (Å²) >= 11 is 6.05. The number of halogens is 1. The van der Waals surface area contributed by atoms with E-state index in [0.717, 1.165) is 11.3 Å². The number of furan rings is 2. The number of amides is 1. The first-order valence-corrected chi connectivity index (χ1v) is 9.38. The number of likely N-dealkylation sites (N-methyl/N-ethyl adjacent to an activating group) is 1. The molecule has 0 fully saturated rings. The van der Waals surface area contributed by atoms with E-state index >= 15 is 0 Å². The molecule has 7 heteroatoms. The van der Waals surface area contributed by atoms with Gasteiger partial charge in [0.1, 0.15) is 23.3 Å². The second-order valence-electron chi connectivity index (χ2n) is 6.80. The first-order chi connectivity index (χ1) is 13.6. The minimum Gasteiger partial charge on any atom is -0.467 e. The van der Waals surface area contributed by atoms with Crippen LogP contribution in [0.25, 0.3) is 0 Å². The van der Waals surface area contributed by atoms with E-state index in [-0.39, 0.29) is 18.5 Å². The van der Waals surface area contributed by atoms with E-state index in [2.05, 4.69) is 5.10 Å². The van der Waals surface area contributed by atoms with Crippen molar-refractivity contribution >= 4 is 23.2 Å². The van der Waals surface area contributed by atoms with Crippen LogP contribution in [0.5, 0.6) is 0 Å². The summed E-state index contributed by atoms with van der Waals surface area (Å²) in [4.78, 5) is 15.0. The summed E-state index contributed by atoms with van der Waals surface area (Å²) in [5.41, 5.74) is 1.78. The van der Waals surface area contributed by atoms with Gasteiger partial charge in [0.25, 0.3) is 5.91 Å². The number of carbonyl (C=O) groups excluding carboxylic acids is 1. The van der Waals surface area contributed by atoms with Gasteiger partial charge in [0, 0.05) is 18.0 Å². The van der Waals surface area contributed by atoms with Gasteiger partial charge in [-0.25, -0.2) is 5.01 Å². The third-order valence-corrected chi connectivity index (χ3v) is 4.82. The van der Waals surface area contributed by atoms with Crippen LogP contribution in [0.3, 0.4) is 0 Å². The maximum absolute atomic E-state index is 13.0. The summed E-state index contributed by atoms with van der Waals surface area (Å²) in [6.07, 6.45) is 3.75. The van der Waals surface area contributed by atoms with E-state index in [9.17, 15) is 4.79 Å². The van der Waals surface area contributed by atoms with Crippen LogP contribution in [0, 0.1) is 0 Å². The highest BCUT2D eigenvalue weighted by Crippen LogP contribution is 2.33. The molecule has 1 unspecified atom stereocenters. The van der Waals surface area contributed by atoms with Crippen molar-refractivity contribution < 1.29 is 13.6 Å². The SMILES string of the molecule is CN(CC(=O)N1N=C(c2ccco2)CC1c1ccco1)Cc1cccc(Cl)c1. The van der Waals surface area contributed by atoms with Gasteiger partial charge in [0.05, 0.1) is 19.1 Å². The van der Waals surface area contributed by atoms with E-state index in [1.807, 2.05) is 60.5 Å². The van der Waals surface area contributed by atoms with E-state index in [0.29, 0.717) is 29.5 Å². The molecule has 1 aliphatic heterocycles. The molecule has 3 heterocycles. The fourth-order valence-electron chi connectivity index (χ4n) is 3.34. The Morgan fingerprint density at radius 2 is 2.04 bits per heavy atom. The van der Waals surface area contributed by atoms with Crippen molar-refractivity contribution in [1.29, 1.82) is 0 Å². The maximum Gasteiger partial charge on any atom is 0.257 e. The second-order valence-corrected chi connectivity index (χ2v) is 7.24. The maximum atomic E-state index is 13.0. The molecule has 144 valence electrons. The molecular formula is C21H20ClN3O3. The Kier molecular flexibility index (Phi) is 5.32. The highest BCUT2D eigenvalue weighted by atomic mass is 35.5. The van der Waals surface area contributed by atoms with Crippen LogP contribution >= 0.6 is 11.6 Å². The summed E-state index contributed by atoms with van der Waals surface area (Å²) < 4.78 is 11.0. The van der Waals surface area contributed by atoms with Crippen molar-refractivity contribution in [3.63, 3.8) is 0 Å². The van der Waals surface area contributed by atoms with E-state index in [1.54, 1.807) is 12.5 Å². The largest absolute Gasteiger partial charge is 0.467 e. The molecule has 0 bridgehead atoms. The summed E-state index contributed by atoms with van der Waals surface area (Å²) in [6, 6.07) is 14.7. The molecule has 1 atom stereocenters. The van der Waals surface area contributed by atoms with Gasteiger partial charge in [-0.2, -0.15) is 5.10 Å². The zero-order valence-electron chi connectivity index (χ0n) is 15.4. The van der Waals surface area contributed by atoms with Crippen LogP contribution in [0.15, 0.2) is 75.0 Å². The molecule has 1 aromatic carbocycles. The van der Waals surface area contributed by atoms with Crippen molar-refractivity contribution in [2.75, 3.05) is 13.6 Å². The van der Waals surface area contributed by atoms with E-state index < -0.39 is 0 Å². The summed E-state index contributed by atoms with van der Waals surface area (Å²) in [5.74, 6) is 1.27. The highest BCUT2D eigenvalue weighted by molar-refractivity contribution is 6.30. The molecule has 1 amide bonds. The van der Waals surface area contributed by atoms with Crippen LogP contribution < -0.4 is 0 Å². The molecule has 2 aromatic heterocycles. The minimum atomic E-state index is -0.276. The molecule has 0 radical (unpaired) electrons. The van der Waals surface area contributed by atoms with Gasteiger partial charge in [0.15, 0.2) is 0 Å². The monoisotopic (exact) mass is 397 g/mol. The number of rotatable bonds is 6. The molecule has 28 heavy (non-hydrogen) atoms. The Morgan fingerprint density at radius 1 is 1.21 bits per heavy atom. The number of benzene rings is 1. The predicted molar refractivity (Wildman–Crippen MR) is 106 cm³/mol. The molecule has 0 aliphatic carbocycles. The average molecular weight is 398 g/mol. The fourth-order valence-corrected chi connectivity index (χ4v) is 3.55. The van der Waals surface area contributed by atoms with Crippen molar-refractivity contribution in [1.82, 2.24) is 9.91 Å². The standard InChI is InChI=1S/C21H20ClN3O3/c1-24(13-15-5-2-6-16(22)11-15)14-21(26)25-18(20-8-4-10-28-20)12-17(23-25)19-7-3-9-27-19/h2-11,18H,12-14H2,1H3. The lowest BCUT2D eigenvalue weighted by atomic mass is 10.1. The fraction of sp³-hybridized carbons (Fsp3) is 0.238. The van der Waals surface area contributed by atoms with Crippen LogP contribution in [0.1, 0.15) is 29.5 Å². The normalized spacial score (nSPS) is 16.6. The average Bonchev–Trinajstić information content (AvgIpc) is 3.41. The molecule has 0 N–H and O–H groups in total. The zero-order chi connectivity index (χ0) is 19.5. The third-order valence-electron chi connectivity index (χ3n) is 4.59. The lowest BCUT2D eigenvalue weighted by Crippen LogP contribution is -2.36. The molecule has 0 saturated heterocycles. The van der Waals surface area contributed by atoms with E-state index in [1.165, 1.54) is 5.01 Å². The second kappa shape index (κ2) is 8.04. The number of hydrogen-bond donors (Lipinski definition) is 0. The molecule has 4 rings (SSSR count). The Morgan fingerprint density at radius 3 is 2.75 bits per heavy atom. The van der Waals surface area contributed by atoms with Crippen molar-refractivity contribution in [3.8, 4) is 0 Å². The predicted octanol–water partition coefficient (Wildman–Crippen LogP) is 4.34. The van der Waals surface area contributed by atoms with Gasteiger partial charge >= 0.3 is 0 Å². The lowest BCUT2D eigenvalue weighted by molar-refractivity contribution is -0.134. The summed E-state index contributed by atoms with van der Waals surface area (Å²) in [7, 11) is 1.90. The molecule has 0 spiro atoms. The quantitative estimate of drug-likeness (QED) is 0.620. The Balaban J connectivity index is 1.49. The summed E-state index contributed by atoms with van der Waals surface area (Å²) in [6.45, 7) is 0.832. The van der Waals surface area contributed by atoms with Gasteiger partial charge in [-0.05, 0) is 49.0 Å². The van der Waals surface area contributed by atoms with Crippen LogP contribution in [-0.4, -0.2) is 35.1 Å². The van der Waals surface area contributed by atoms with E-state index in [4.69, 9.17) is 20.4 Å². The number of nitrogens with zero attached hydrogens (tertiary/aromatic N) is 3. The van der Waals surface area contributed by atoms with Gasteiger partial charge in [-0.3, -0.25) is 9.69 Å². The van der Waals surface area contributed by atoms with Crippen LogP contribution in [0.2, 0.25) is 5.02 Å². The Hall–Kier alpha value is -2.83. The zero-order valence-corrected chi connectivity index (χ0v) is 16.2. The Bertz CT molecular complexity index is 967. The molecule has 1 aliphatic rings. The van der Waals surface area contributed by atoms with Gasteiger partial charge in [0.2, 0.25) is 0 Å². The molecular weight excluding hydrogens is 378 g/mol. The van der Waals surface area contributed by atoms with Gasteiger partial charge < -0.3 is 8.83 Å². The minimum absolute atomic E-state index is 0.104. The van der Waals surface area contributed by atoms with Crippen molar-refractivity contribution in [2.45, 2.75) is 19.0 Å². The lowest BCUT2D eigenvalue weighted by Gasteiger charge is -2.23. The van der Waals surface area contributed by atoms with Gasteiger partial charge in [-0.15, -0.1) is 0 Å². The number of hydrogen-bond acceptors (Lipinski definition) is 5. The number of carbonyl (C=O) groups is 1. The van der Waals surface area contributed by atoms with Crippen LogP contribution in [0.4, 0.5) is 0 Å². The van der Waals surface area contributed by atoms with Crippen LogP contribution in [-0.2, 0) is 11.3 Å². The third kappa shape index (κ3) is 4.03. The topological polar surface area (TPSA) is 62.2 Å². The number of hydrazone groups is 1. The van der Waals surface area contributed by atoms with Crippen molar-refractivity contribution in [3.05, 3.63) is 83.2 Å². The first kappa shape index (κ1) is 18.5. The molecule has 6 nitrogen and oxygen atoms in total. The Labute approximate surface area is 168 Å². The van der Waals surface area contributed by atoms with Crippen molar-refractivity contribution in [2.24, 2.45) is 5.10 Å². The first-order valence-electron chi connectivity index (χ1n) is 9.00. The van der Waals surface area contributed by atoms with Gasteiger partial charge in [-0.1, -0.05) is 23.7 Å². The molecule has 0 saturated carbocycles. The summed E-state index contributed by atoms with van der Waals surface area (Å²) in [5, 5.41) is 6.73. The smallest absolute Gasteiger partial charge is 0.257 e. The highest BCUT2D eigenvalue weighted by Gasteiger charge is 2.35.